The van der Waals surface area contributed by atoms with Crippen LogP contribution in [-0.2, 0) is 4.79 Å². The first kappa shape index (κ1) is 17.5. The van der Waals surface area contributed by atoms with E-state index in [-0.39, 0.29) is 11.8 Å². The van der Waals surface area contributed by atoms with Gasteiger partial charge in [-0.3, -0.25) is 4.79 Å². The molecule has 1 heterocycles. The number of urea groups is 1. The van der Waals surface area contributed by atoms with Gasteiger partial charge in [0.15, 0.2) is 11.5 Å². The lowest BCUT2D eigenvalue weighted by Crippen LogP contribution is -2.30. The molecule has 1 saturated heterocycles. The number of rotatable bonds is 5. The van der Waals surface area contributed by atoms with Crippen LogP contribution < -0.4 is 19.7 Å². The summed E-state index contributed by atoms with van der Waals surface area (Å²) >= 11 is 0. The summed E-state index contributed by atoms with van der Waals surface area (Å²) in [4.78, 5) is 26.1. The molecule has 26 heavy (non-hydrogen) atoms. The number of hydrogen-bond donors (Lipinski definition) is 1. The van der Waals surface area contributed by atoms with Crippen molar-refractivity contribution < 1.29 is 19.1 Å². The number of carbonyl (C=O) groups is 2. The first-order valence-electron chi connectivity index (χ1n) is 8.27. The molecule has 2 aromatic carbocycles. The van der Waals surface area contributed by atoms with Crippen molar-refractivity contribution in [3.63, 3.8) is 0 Å². The third-order valence-corrected chi connectivity index (χ3v) is 3.78. The summed E-state index contributed by atoms with van der Waals surface area (Å²) in [5.41, 5.74) is 1.35. The zero-order valence-corrected chi connectivity index (χ0v) is 14.9. The predicted molar refractivity (Wildman–Crippen MR) is 99.2 cm³/mol. The molecule has 1 aliphatic rings. The smallest absolute Gasteiger partial charge is 0.333 e. The number of nitrogens with zero attached hydrogens (tertiary/aromatic N) is 1. The van der Waals surface area contributed by atoms with E-state index in [0.717, 1.165) is 4.90 Å². The summed E-state index contributed by atoms with van der Waals surface area (Å²) < 4.78 is 11.2. The van der Waals surface area contributed by atoms with Crippen molar-refractivity contribution in [2.24, 2.45) is 0 Å². The third-order valence-electron chi connectivity index (χ3n) is 3.78. The van der Waals surface area contributed by atoms with Crippen LogP contribution in [0, 0.1) is 0 Å². The number of para-hydroxylation sites is 2. The van der Waals surface area contributed by atoms with Crippen LogP contribution in [0.4, 0.5) is 10.5 Å². The van der Waals surface area contributed by atoms with Gasteiger partial charge in [0.1, 0.15) is 5.70 Å². The van der Waals surface area contributed by atoms with Crippen molar-refractivity contribution in [3.8, 4) is 11.5 Å². The van der Waals surface area contributed by atoms with Gasteiger partial charge in [0, 0.05) is 5.56 Å². The number of imide groups is 1. The van der Waals surface area contributed by atoms with Crippen LogP contribution in [0.2, 0.25) is 0 Å². The molecular formula is C20H20N2O4. The van der Waals surface area contributed by atoms with Gasteiger partial charge in [-0.15, -0.1) is 0 Å². The maximum absolute atomic E-state index is 12.7. The number of amides is 3. The Balaban J connectivity index is 1.99. The Hall–Kier alpha value is -3.28. The number of hydrogen-bond acceptors (Lipinski definition) is 4. The van der Waals surface area contributed by atoms with Crippen LogP contribution in [0.15, 0.2) is 54.2 Å². The van der Waals surface area contributed by atoms with E-state index in [4.69, 9.17) is 9.47 Å². The first-order chi connectivity index (χ1) is 12.5. The minimum absolute atomic E-state index is 0.0712. The van der Waals surface area contributed by atoms with E-state index in [9.17, 15) is 9.59 Å². The van der Waals surface area contributed by atoms with Crippen LogP contribution in [0.5, 0.6) is 11.5 Å². The molecule has 1 N–H and O–H groups in total. The molecule has 0 saturated carbocycles. The molecule has 6 heteroatoms. The summed E-state index contributed by atoms with van der Waals surface area (Å²) in [6, 6.07) is 13.7. The zero-order valence-electron chi connectivity index (χ0n) is 14.9. The van der Waals surface area contributed by atoms with E-state index in [0.29, 0.717) is 22.7 Å². The fraction of sp³-hybridized carbons (Fsp3) is 0.200. The van der Waals surface area contributed by atoms with Crippen molar-refractivity contribution >= 4 is 23.7 Å². The lowest BCUT2D eigenvalue weighted by Gasteiger charge is -2.16. The van der Waals surface area contributed by atoms with Gasteiger partial charge in [0.05, 0.1) is 18.9 Å². The molecule has 0 radical (unpaired) electrons. The normalized spacial score (nSPS) is 15.5. The van der Waals surface area contributed by atoms with Gasteiger partial charge >= 0.3 is 6.03 Å². The standard InChI is InChI=1S/C20H20N2O4/c1-13(2)26-18-14(8-7-11-17(18)25-3)12-16-19(23)22(20(24)21-16)15-9-5-4-6-10-15/h4-13H,1-3H3,(H,21,24)/b16-12+. The molecule has 0 aliphatic carbocycles. The summed E-state index contributed by atoms with van der Waals surface area (Å²) in [5, 5.41) is 2.62. The molecule has 6 nitrogen and oxygen atoms in total. The number of anilines is 1. The highest BCUT2D eigenvalue weighted by atomic mass is 16.5. The Morgan fingerprint density at radius 2 is 1.77 bits per heavy atom. The molecule has 0 bridgehead atoms. The molecule has 0 atom stereocenters. The highest BCUT2D eigenvalue weighted by Crippen LogP contribution is 2.34. The number of benzene rings is 2. The molecule has 3 rings (SSSR count). The van der Waals surface area contributed by atoms with Crippen molar-refractivity contribution in [3.05, 3.63) is 59.8 Å². The van der Waals surface area contributed by atoms with Crippen LogP contribution >= 0.6 is 0 Å². The second kappa shape index (κ2) is 7.31. The average molecular weight is 352 g/mol. The van der Waals surface area contributed by atoms with Gasteiger partial charge in [0.25, 0.3) is 5.91 Å². The molecule has 2 aromatic rings. The maximum atomic E-state index is 12.7. The minimum Gasteiger partial charge on any atom is -0.493 e. The monoisotopic (exact) mass is 352 g/mol. The van der Waals surface area contributed by atoms with E-state index in [1.165, 1.54) is 0 Å². The average Bonchev–Trinajstić information content (AvgIpc) is 2.90. The summed E-state index contributed by atoms with van der Waals surface area (Å²) in [7, 11) is 1.55. The highest BCUT2D eigenvalue weighted by molar-refractivity contribution is 6.28. The lowest BCUT2D eigenvalue weighted by molar-refractivity contribution is -0.113. The predicted octanol–water partition coefficient (Wildman–Crippen LogP) is 3.58. The topological polar surface area (TPSA) is 67.9 Å². The van der Waals surface area contributed by atoms with Crippen LogP contribution in [0.25, 0.3) is 6.08 Å². The van der Waals surface area contributed by atoms with Crippen LogP contribution in [0.1, 0.15) is 19.4 Å². The van der Waals surface area contributed by atoms with Gasteiger partial charge in [-0.1, -0.05) is 30.3 Å². The Morgan fingerprint density at radius 1 is 1.04 bits per heavy atom. The van der Waals surface area contributed by atoms with Gasteiger partial charge < -0.3 is 14.8 Å². The van der Waals surface area contributed by atoms with Crippen molar-refractivity contribution in [1.82, 2.24) is 5.32 Å². The third kappa shape index (κ3) is 3.39. The quantitative estimate of drug-likeness (QED) is 0.660. The highest BCUT2D eigenvalue weighted by Gasteiger charge is 2.35. The minimum atomic E-state index is -0.485. The van der Waals surface area contributed by atoms with Gasteiger partial charge in [-0.2, -0.15) is 0 Å². The van der Waals surface area contributed by atoms with Crippen molar-refractivity contribution in [2.45, 2.75) is 20.0 Å². The Morgan fingerprint density at radius 3 is 2.42 bits per heavy atom. The van der Waals surface area contributed by atoms with Gasteiger partial charge in [-0.05, 0) is 38.1 Å². The number of ether oxygens (including phenoxy) is 2. The fourth-order valence-corrected chi connectivity index (χ4v) is 2.67. The van der Waals surface area contributed by atoms with Crippen molar-refractivity contribution in [2.75, 3.05) is 12.0 Å². The summed E-state index contributed by atoms with van der Waals surface area (Å²) in [6.45, 7) is 3.81. The van der Waals surface area contributed by atoms with Gasteiger partial charge in [-0.25, -0.2) is 9.69 Å². The molecule has 0 unspecified atom stereocenters. The first-order valence-corrected chi connectivity index (χ1v) is 8.27. The van der Waals surface area contributed by atoms with E-state index in [2.05, 4.69) is 5.32 Å². The Labute approximate surface area is 152 Å². The zero-order chi connectivity index (χ0) is 18.7. The molecule has 0 aromatic heterocycles. The molecule has 1 aliphatic heterocycles. The maximum Gasteiger partial charge on any atom is 0.333 e. The second-order valence-electron chi connectivity index (χ2n) is 6.01. The summed E-state index contributed by atoms with van der Waals surface area (Å²) in [6.07, 6.45) is 1.53. The van der Waals surface area contributed by atoms with E-state index >= 15 is 0 Å². The van der Waals surface area contributed by atoms with E-state index in [1.807, 2.05) is 19.9 Å². The van der Waals surface area contributed by atoms with Crippen molar-refractivity contribution in [1.29, 1.82) is 0 Å². The number of nitrogens with one attached hydrogen (secondary N) is 1. The molecule has 3 amide bonds. The Bertz CT molecular complexity index is 859. The Kier molecular flexibility index (Phi) is 4.93. The van der Waals surface area contributed by atoms with Crippen LogP contribution in [0.3, 0.4) is 0 Å². The summed E-state index contributed by atoms with van der Waals surface area (Å²) in [5.74, 6) is 0.668. The fourth-order valence-electron chi connectivity index (χ4n) is 2.67. The van der Waals surface area contributed by atoms with E-state index < -0.39 is 11.9 Å². The number of carbonyl (C=O) groups excluding carboxylic acids is 2. The second-order valence-corrected chi connectivity index (χ2v) is 6.01. The SMILES string of the molecule is COc1cccc(/C=C2/NC(=O)N(c3ccccc3)C2=O)c1OC(C)C. The largest absolute Gasteiger partial charge is 0.493 e. The van der Waals surface area contributed by atoms with E-state index in [1.54, 1.807) is 55.7 Å². The molecular weight excluding hydrogens is 332 g/mol. The number of methoxy groups -OCH3 is 1. The van der Waals surface area contributed by atoms with Gasteiger partial charge in [0.2, 0.25) is 0 Å². The molecule has 1 fully saturated rings. The molecule has 0 spiro atoms. The molecule has 134 valence electrons. The van der Waals surface area contributed by atoms with Crippen LogP contribution in [-0.4, -0.2) is 25.2 Å². The lowest BCUT2D eigenvalue weighted by atomic mass is 10.1.